The fourth-order valence-corrected chi connectivity index (χ4v) is 1.87. The molecule has 8 nitrogen and oxygen atoms in total. The highest BCUT2D eigenvalue weighted by Crippen LogP contribution is 2.22. The van der Waals surface area contributed by atoms with Crippen LogP contribution >= 0.6 is 0 Å². The van der Waals surface area contributed by atoms with Crippen LogP contribution in [-0.2, 0) is 6.54 Å². The molecular formula is C13H14N8. The van der Waals surface area contributed by atoms with Crippen molar-refractivity contribution in [2.24, 2.45) is 0 Å². The third kappa shape index (κ3) is 2.94. The van der Waals surface area contributed by atoms with E-state index in [1.807, 2.05) is 30.3 Å². The minimum Gasteiger partial charge on any atom is -0.372 e. The number of aromatic nitrogens is 6. The maximum Gasteiger partial charge on any atom is 0.224 e. The van der Waals surface area contributed by atoms with E-state index in [2.05, 4.69) is 41.2 Å². The maximum absolute atomic E-state index is 4.41. The van der Waals surface area contributed by atoms with Crippen LogP contribution in [0.1, 0.15) is 5.56 Å². The molecule has 3 aromatic rings. The highest BCUT2D eigenvalue weighted by atomic mass is 15.5. The molecule has 0 spiro atoms. The van der Waals surface area contributed by atoms with E-state index in [1.165, 1.54) is 0 Å². The summed E-state index contributed by atoms with van der Waals surface area (Å²) in [7, 11) is 1.78. The Morgan fingerprint density at radius 2 is 2.05 bits per heavy atom. The molecule has 3 N–H and O–H groups in total. The van der Waals surface area contributed by atoms with E-state index in [0.717, 1.165) is 5.56 Å². The van der Waals surface area contributed by atoms with Crippen LogP contribution in [0.2, 0.25) is 0 Å². The molecule has 0 bridgehead atoms. The van der Waals surface area contributed by atoms with Crippen molar-refractivity contribution < 1.29 is 0 Å². The first-order valence-corrected chi connectivity index (χ1v) is 6.43. The number of aromatic amines is 1. The van der Waals surface area contributed by atoms with Gasteiger partial charge in [-0.1, -0.05) is 30.3 Å². The summed E-state index contributed by atoms with van der Waals surface area (Å²) in [5, 5.41) is 20.0. The van der Waals surface area contributed by atoms with Crippen LogP contribution in [0.25, 0.3) is 11.4 Å². The van der Waals surface area contributed by atoms with Crippen molar-refractivity contribution in [1.29, 1.82) is 0 Å². The van der Waals surface area contributed by atoms with Gasteiger partial charge in [-0.05, 0) is 10.8 Å². The van der Waals surface area contributed by atoms with Gasteiger partial charge in [-0.15, -0.1) is 10.2 Å². The molecule has 106 valence electrons. The summed E-state index contributed by atoms with van der Waals surface area (Å²) in [4.78, 5) is 8.68. The van der Waals surface area contributed by atoms with Crippen molar-refractivity contribution in [2.45, 2.75) is 6.54 Å². The Labute approximate surface area is 121 Å². The van der Waals surface area contributed by atoms with Crippen LogP contribution in [0, 0.1) is 0 Å². The second-order valence-corrected chi connectivity index (χ2v) is 4.28. The van der Waals surface area contributed by atoms with Crippen LogP contribution in [-0.4, -0.2) is 37.6 Å². The second kappa shape index (κ2) is 5.95. The molecular weight excluding hydrogens is 268 g/mol. The van der Waals surface area contributed by atoms with Crippen molar-refractivity contribution in [3.63, 3.8) is 0 Å². The Bertz CT molecular complexity index is 695. The van der Waals surface area contributed by atoms with Gasteiger partial charge in [-0.25, -0.2) is 4.98 Å². The topological polar surface area (TPSA) is 104 Å². The van der Waals surface area contributed by atoms with Crippen LogP contribution in [0.15, 0.2) is 36.5 Å². The highest BCUT2D eigenvalue weighted by molar-refractivity contribution is 5.69. The number of hydrogen-bond acceptors (Lipinski definition) is 7. The average molecular weight is 282 g/mol. The normalized spacial score (nSPS) is 10.3. The summed E-state index contributed by atoms with van der Waals surface area (Å²) in [5.74, 6) is 1.63. The van der Waals surface area contributed by atoms with Crippen molar-refractivity contribution in [1.82, 2.24) is 30.6 Å². The van der Waals surface area contributed by atoms with Gasteiger partial charge >= 0.3 is 0 Å². The minimum absolute atomic E-state index is 0.453. The summed E-state index contributed by atoms with van der Waals surface area (Å²) in [6.07, 6.45) is 1.66. The minimum atomic E-state index is 0.453. The van der Waals surface area contributed by atoms with E-state index >= 15 is 0 Å². The molecule has 0 radical (unpaired) electrons. The molecule has 0 saturated carbocycles. The van der Waals surface area contributed by atoms with Gasteiger partial charge in [-0.2, -0.15) is 10.2 Å². The van der Waals surface area contributed by atoms with Crippen LogP contribution in [0.4, 0.5) is 11.8 Å². The molecule has 21 heavy (non-hydrogen) atoms. The highest BCUT2D eigenvalue weighted by Gasteiger charge is 2.11. The lowest BCUT2D eigenvalue weighted by Crippen LogP contribution is -2.06. The number of tetrazole rings is 1. The van der Waals surface area contributed by atoms with Crippen LogP contribution in [0.5, 0.6) is 0 Å². The first kappa shape index (κ1) is 13.0. The molecule has 0 aliphatic carbocycles. The molecule has 0 aliphatic heterocycles. The van der Waals surface area contributed by atoms with E-state index in [4.69, 9.17) is 0 Å². The van der Waals surface area contributed by atoms with E-state index in [1.54, 1.807) is 13.2 Å². The Hall–Kier alpha value is -3.03. The Morgan fingerprint density at radius 3 is 2.76 bits per heavy atom. The second-order valence-electron chi connectivity index (χ2n) is 4.28. The van der Waals surface area contributed by atoms with Crippen molar-refractivity contribution in [3.8, 4) is 11.4 Å². The summed E-state index contributed by atoms with van der Waals surface area (Å²) in [6.45, 7) is 0.658. The maximum atomic E-state index is 4.41. The predicted octanol–water partition coefficient (Wildman–Crippen LogP) is 1.31. The van der Waals surface area contributed by atoms with Crippen molar-refractivity contribution in [2.75, 3.05) is 17.7 Å². The Morgan fingerprint density at radius 1 is 1.19 bits per heavy atom. The number of benzene rings is 1. The Kier molecular flexibility index (Phi) is 3.68. The zero-order valence-electron chi connectivity index (χ0n) is 11.4. The molecule has 0 amide bonds. The third-order valence-corrected chi connectivity index (χ3v) is 2.91. The number of nitrogens with zero attached hydrogens (tertiary/aromatic N) is 5. The monoisotopic (exact) mass is 282 g/mol. The smallest absolute Gasteiger partial charge is 0.224 e. The van der Waals surface area contributed by atoms with Gasteiger partial charge in [0.1, 0.15) is 5.82 Å². The summed E-state index contributed by atoms with van der Waals surface area (Å²) in [5.41, 5.74) is 1.85. The van der Waals surface area contributed by atoms with Gasteiger partial charge in [0.2, 0.25) is 11.8 Å². The molecule has 1 aromatic carbocycles. The molecule has 3 rings (SSSR count). The van der Waals surface area contributed by atoms with Crippen molar-refractivity contribution in [3.05, 3.63) is 42.1 Å². The number of hydrogen-bond donors (Lipinski definition) is 3. The lowest BCUT2D eigenvalue weighted by Gasteiger charge is -2.08. The van der Waals surface area contributed by atoms with Crippen LogP contribution in [0.3, 0.4) is 0 Å². The molecule has 2 heterocycles. The van der Waals surface area contributed by atoms with Crippen LogP contribution < -0.4 is 10.6 Å². The van der Waals surface area contributed by atoms with E-state index < -0.39 is 0 Å². The molecule has 0 fully saturated rings. The van der Waals surface area contributed by atoms with Gasteiger partial charge < -0.3 is 10.6 Å². The fourth-order valence-electron chi connectivity index (χ4n) is 1.87. The summed E-state index contributed by atoms with van der Waals surface area (Å²) in [6, 6.07) is 10.1. The molecule has 0 atom stereocenters. The largest absolute Gasteiger partial charge is 0.372 e. The number of nitrogens with one attached hydrogen (secondary N) is 3. The standard InChI is InChI=1S/C13H14N8/c1-14-11-10(12-18-20-21-19-12)8-16-13(17-11)15-7-9-5-3-2-4-6-9/h2-6,8H,7H2,1H3,(H2,14,15,16,17)(H,18,19,20,21). The van der Waals surface area contributed by atoms with Gasteiger partial charge in [0.25, 0.3) is 0 Å². The lowest BCUT2D eigenvalue weighted by atomic mass is 10.2. The SMILES string of the molecule is CNc1nc(NCc2ccccc2)ncc1-c1nn[nH]n1. The van der Waals surface area contributed by atoms with Gasteiger partial charge in [-0.3, -0.25) is 0 Å². The average Bonchev–Trinajstić information content (AvgIpc) is 3.08. The molecule has 0 unspecified atom stereocenters. The third-order valence-electron chi connectivity index (χ3n) is 2.91. The number of anilines is 2. The Balaban J connectivity index is 1.78. The first-order valence-electron chi connectivity index (χ1n) is 6.43. The van der Waals surface area contributed by atoms with Crippen molar-refractivity contribution >= 4 is 11.8 Å². The fraction of sp³-hybridized carbons (Fsp3) is 0.154. The first-order chi connectivity index (χ1) is 10.4. The molecule has 0 saturated heterocycles. The van der Waals surface area contributed by atoms with Gasteiger partial charge in [0.05, 0.1) is 5.56 Å². The molecule has 2 aromatic heterocycles. The number of H-pyrrole nitrogens is 1. The molecule has 0 aliphatic rings. The predicted molar refractivity (Wildman–Crippen MR) is 78.5 cm³/mol. The summed E-state index contributed by atoms with van der Waals surface area (Å²) >= 11 is 0. The zero-order valence-corrected chi connectivity index (χ0v) is 11.4. The van der Waals surface area contributed by atoms with E-state index in [-0.39, 0.29) is 0 Å². The summed E-state index contributed by atoms with van der Waals surface area (Å²) < 4.78 is 0. The number of rotatable bonds is 5. The van der Waals surface area contributed by atoms with E-state index in [0.29, 0.717) is 29.7 Å². The van der Waals surface area contributed by atoms with Gasteiger partial charge in [0, 0.05) is 19.8 Å². The molecule has 8 heteroatoms. The quantitative estimate of drug-likeness (QED) is 0.648. The van der Waals surface area contributed by atoms with Gasteiger partial charge in [0.15, 0.2) is 0 Å². The van der Waals surface area contributed by atoms with E-state index in [9.17, 15) is 0 Å². The zero-order chi connectivity index (χ0) is 14.5. The lowest BCUT2D eigenvalue weighted by molar-refractivity contribution is 0.881.